The molecule has 0 saturated heterocycles. The van der Waals surface area contributed by atoms with Crippen LogP contribution >= 0.6 is 0 Å². The summed E-state index contributed by atoms with van der Waals surface area (Å²) in [6.07, 6.45) is 3.11. The lowest BCUT2D eigenvalue weighted by molar-refractivity contribution is 0.297. The SMILES string of the molecule is CCC(CC)(CC)NCCS(=O)(=O)C(C)(C)C. The van der Waals surface area contributed by atoms with Crippen LogP contribution < -0.4 is 5.32 Å². The third-order valence-electron chi connectivity index (χ3n) is 3.83. The second-order valence-corrected chi connectivity index (χ2v) is 8.56. The van der Waals surface area contributed by atoms with Crippen LogP contribution in [0.15, 0.2) is 0 Å². The molecule has 0 radical (unpaired) electrons. The van der Waals surface area contributed by atoms with E-state index < -0.39 is 14.6 Å². The van der Waals surface area contributed by atoms with Crippen molar-refractivity contribution in [2.75, 3.05) is 12.3 Å². The van der Waals surface area contributed by atoms with Crippen LogP contribution in [0.5, 0.6) is 0 Å². The van der Waals surface area contributed by atoms with E-state index in [1.807, 2.05) is 0 Å². The van der Waals surface area contributed by atoms with E-state index in [1.165, 1.54) is 0 Å². The van der Waals surface area contributed by atoms with Crippen LogP contribution in [0.1, 0.15) is 60.8 Å². The normalized spacial score (nSPS) is 14.0. The van der Waals surface area contributed by atoms with E-state index in [9.17, 15) is 8.42 Å². The Balaban J connectivity index is 4.43. The molecule has 0 aliphatic carbocycles. The molecule has 0 saturated carbocycles. The quantitative estimate of drug-likeness (QED) is 0.768. The van der Waals surface area contributed by atoms with Crippen molar-refractivity contribution in [3.8, 4) is 0 Å². The van der Waals surface area contributed by atoms with Gasteiger partial charge in [0.2, 0.25) is 0 Å². The van der Waals surface area contributed by atoms with Crippen molar-refractivity contribution >= 4 is 9.84 Å². The van der Waals surface area contributed by atoms with Crippen molar-refractivity contribution in [3.05, 3.63) is 0 Å². The van der Waals surface area contributed by atoms with E-state index in [2.05, 4.69) is 26.1 Å². The van der Waals surface area contributed by atoms with Gasteiger partial charge in [-0.1, -0.05) is 20.8 Å². The highest BCUT2D eigenvalue weighted by atomic mass is 32.2. The third kappa shape index (κ3) is 4.59. The summed E-state index contributed by atoms with van der Waals surface area (Å²) in [6.45, 7) is 12.3. The molecular formula is C13H29NO2S. The van der Waals surface area contributed by atoms with E-state index >= 15 is 0 Å². The molecular weight excluding hydrogens is 234 g/mol. The highest BCUT2D eigenvalue weighted by molar-refractivity contribution is 7.92. The van der Waals surface area contributed by atoms with Gasteiger partial charge in [0.1, 0.15) is 0 Å². The molecule has 0 heterocycles. The van der Waals surface area contributed by atoms with Gasteiger partial charge in [0.15, 0.2) is 9.84 Å². The van der Waals surface area contributed by atoms with Crippen LogP contribution in [0.2, 0.25) is 0 Å². The molecule has 0 aromatic rings. The maximum absolute atomic E-state index is 12.0. The van der Waals surface area contributed by atoms with Crippen molar-refractivity contribution in [1.29, 1.82) is 0 Å². The highest BCUT2D eigenvalue weighted by Gasteiger charge is 2.30. The summed E-state index contributed by atoms with van der Waals surface area (Å²) in [6, 6.07) is 0. The van der Waals surface area contributed by atoms with Crippen LogP contribution in [0.3, 0.4) is 0 Å². The molecule has 0 rings (SSSR count). The highest BCUT2D eigenvalue weighted by Crippen LogP contribution is 2.20. The standard InChI is InChI=1S/C13H29NO2S/c1-7-13(8-2,9-3)14-10-11-17(15,16)12(4,5)6/h14H,7-11H2,1-6H3. The minimum Gasteiger partial charge on any atom is -0.310 e. The lowest BCUT2D eigenvalue weighted by Gasteiger charge is -2.32. The van der Waals surface area contributed by atoms with Gasteiger partial charge in [-0.15, -0.1) is 0 Å². The van der Waals surface area contributed by atoms with E-state index in [0.29, 0.717) is 6.54 Å². The van der Waals surface area contributed by atoms with Gasteiger partial charge in [-0.25, -0.2) is 8.42 Å². The van der Waals surface area contributed by atoms with E-state index in [1.54, 1.807) is 20.8 Å². The number of hydrogen-bond acceptors (Lipinski definition) is 3. The molecule has 0 fully saturated rings. The zero-order valence-corrected chi connectivity index (χ0v) is 13.1. The largest absolute Gasteiger partial charge is 0.310 e. The zero-order valence-electron chi connectivity index (χ0n) is 12.3. The molecule has 0 amide bonds. The minimum absolute atomic E-state index is 0.105. The van der Waals surface area contributed by atoms with Crippen LogP contribution in [0.4, 0.5) is 0 Å². The predicted octanol–water partition coefficient (Wildman–Crippen LogP) is 2.76. The first-order valence-electron chi connectivity index (χ1n) is 6.61. The Kier molecular flexibility index (Phi) is 6.15. The fourth-order valence-electron chi connectivity index (χ4n) is 1.88. The molecule has 0 aromatic carbocycles. The van der Waals surface area contributed by atoms with Gasteiger partial charge in [-0.05, 0) is 40.0 Å². The first-order chi connectivity index (χ1) is 7.64. The molecule has 0 spiro atoms. The van der Waals surface area contributed by atoms with Gasteiger partial charge >= 0.3 is 0 Å². The van der Waals surface area contributed by atoms with Gasteiger partial charge in [-0.2, -0.15) is 0 Å². The summed E-state index contributed by atoms with van der Waals surface area (Å²) in [4.78, 5) is 0. The molecule has 0 atom stereocenters. The lowest BCUT2D eigenvalue weighted by atomic mass is 9.90. The number of sulfone groups is 1. The summed E-state index contributed by atoms with van der Waals surface area (Å²) < 4.78 is 23.3. The van der Waals surface area contributed by atoms with Crippen LogP contribution in [-0.2, 0) is 9.84 Å². The molecule has 104 valence electrons. The van der Waals surface area contributed by atoms with Gasteiger partial charge in [0.05, 0.1) is 10.5 Å². The first kappa shape index (κ1) is 16.9. The van der Waals surface area contributed by atoms with Crippen LogP contribution in [-0.4, -0.2) is 31.0 Å². The minimum atomic E-state index is -3.01. The van der Waals surface area contributed by atoms with Crippen molar-refractivity contribution in [3.63, 3.8) is 0 Å². The van der Waals surface area contributed by atoms with Gasteiger partial charge in [0, 0.05) is 12.1 Å². The molecule has 1 N–H and O–H groups in total. The molecule has 0 aliphatic rings. The maximum Gasteiger partial charge on any atom is 0.156 e. The zero-order chi connectivity index (χ0) is 13.7. The van der Waals surface area contributed by atoms with E-state index in [0.717, 1.165) is 19.3 Å². The fourth-order valence-corrected chi connectivity index (χ4v) is 2.86. The lowest BCUT2D eigenvalue weighted by Crippen LogP contribution is -2.46. The monoisotopic (exact) mass is 263 g/mol. The summed E-state index contributed by atoms with van der Waals surface area (Å²) in [5.74, 6) is 0.220. The van der Waals surface area contributed by atoms with Crippen molar-refractivity contribution in [2.45, 2.75) is 71.1 Å². The molecule has 0 unspecified atom stereocenters. The second kappa shape index (κ2) is 6.19. The Labute approximate surface area is 107 Å². The fraction of sp³-hybridized carbons (Fsp3) is 1.00. The average Bonchev–Trinajstić information content (AvgIpc) is 2.23. The Hall–Kier alpha value is -0.0900. The van der Waals surface area contributed by atoms with Gasteiger partial charge in [0.25, 0.3) is 0 Å². The van der Waals surface area contributed by atoms with Gasteiger partial charge in [-0.3, -0.25) is 0 Å². The van der Waals surface area contributed by atoms with Crippen LogP contribution in [0, 0.1) is 0 Å². The summed E-state index contributed by atoms with van der Waals surface area (Å²) in [7, 11) is -3.01. The molecule has 4 heteroatoms. The number of rotatable bonds is 7. The van der Waals surface area contributed by atoms with E-state index in [-0.39, 0.29) is 11.3 Å². The Morgan fingerprint density at radius 3 is 1.65 bits per heavy atom. The molecule has 17 heavy (non-hydrogen) atoms. The summed E-state index contributed by atoms with van der Waals surface area (Å²) >= 11 is 0. The molecule has 0 aromatic heterocycles. The average molecular weight is 263 g/mol. The van der Waals surface area contributed by atoms with Crippen molar-refractivity contribution in [1.82, 2.24) is 5.32 Å². The predicted molar refractivity (Wildman–Crippen MR) is 75.1 cm³/mol. The molecule has 3 nitrogen and oxygen atoms in total. The molecule has 0 aliphatic heterocycles. The Morgan fingerprint density at radius 2 is 1.35 bits per heavy atom. The van der Waals surface area contributed by atoms with Crippen molar-refractivity contribution in [2.24, 2.45) is 0 Å². The first-order valence-corrected chi connectivity index (χ1v) is 8.26. The number of nitrogens with one attached hydrogen (secondary N) is 1. The number of hydrogen-bond donors (Lipinski definition) is 1. The second-order valence-electron chi connectivity index (χ2n) is 5.70. The van der Waals surface area contributed by atoms with Crippen molar-refractivity contribution < 1.29 is 8.42 Å². The molecule has 0 bridgehead atoms. The Bertz CT molecular complexity index is 303. The summed E-state index contributed by atoms with van der Waals surface area (Å²) in [5, 5.41) is 3.43. The summed E-state index contributed by atoms with van der Waals surface area (Å²) in [5.41, 5.74) is 0.105. The van der Waals surface area contributed by atoms with Crippen LogP contribution in [0.25, 0.3) is 0 Å². The third-order valence-corrected chi connectivity index (χ3v) is 6.44. The maximum atomic E-state index is 12.0. The Morgan fingerprint density at radius 1 is 0.941 bits per heavy atom. The van der Waals surface area contributed by atoms with E-state index in [4.69, 9.17) is 0 Å². The van der Waals surface area contributed by atoms with Gasteiger partial charge < -0.3 is 5.32 Å². The topological polar surface area (TPSA) is 46.2 Å². The smallest absolute Gasteiger partial charge is 0.156 e.